The number of nitrogens with zero attached hydrogens (tertiary/aromatic N) is 2. The number of carbonyl (C=O) groups excluding carboxylic acids is 1. The summed E-state index contributed by atoms with van der Waals surface area (Å²) in [6, 6.07) is 6.08. The van der Waals surface area contributed by atoms with Gasteiger partial charge in [0.2, 0.25) is 5.91 Å². The van der Waals surface area contributed by atoms with Gasteiger partial charge in [-0.3, -0.25) is 9.69 Å². The van der Waals surface area contributed by atoms with Crippen molar-refractivity contribution in [3.05, 3.63) is 28.2 Å². The molecule has 2 aliphatic rings. The van der Waals surface area contributed by atoms with Gasteiger partial charge in [-0.05, 0) is 63.4 Å². The first-order valence-corrected chi connectivity index (χ1v) is 10.9. The third-order valence-corrected chi connectivity index (χ3v) is 6.41. The third kappa shape index (κ3) is 6.16. The summed E-state index contributed by atoms with van der Waals surface area (Å²) in [6.07, 6.45) is 8.64. The van der Waals surface area contributed by atoms with Gasteiger partial charge in [0.1, 0.15) is 5.75 Å². The van der Waals surface area contributed by atoms with Gasteiger partial charge in [0.25, 0.3) is 0 Å². The van der Waals surface area contributed by atoms with Crippen LogP contribution in [0.3, 0.4) is 0 Å². The zero-order valence-corrected chi connectivity index (χ0v) is 18.9. The number of benzene rings is 1. The fourth-order valence-corrected chi connectivity index (χ4v) is 4.86. The van der Waals surface area contributed by atoms with E-state index >= 15 is 0 Å². The largest absolute Gasteiger partial charge is 0.492 e. The molecule has 1 aliphatic carbocycles. The summed E-state index contributed by atoms with van der Waals surface area (Å²) in [7, 11) is 1.98. The summed E-state index contributed by atoms with van der Waals surface area (Å²) in [5.74, 6) is 0.833. The molecule has 0 aromatic heterocycles. The number of hydrogen-bond acceptors (Lipinski definition) is 3. The molecule has 1 saturated carbocycles. The average molecular weight is 450 g/mol. The van der Waals surface area contributed by atoms with Gasteiger partial charge in [-0.25, -0.2) is 0 Å². The highest BCUT2D eigenvalue weighted by molar-refractivity contribution is 6.35. The highest BCUT2D eigenvalue weighted by Crippen LogP contribution is 2.30. The van der Waals surface area contributed by atoms with Crippen molar-refractivity contribution in [2.45, 2.75) is 63.5 Å². The lowest BCUT2D eigenvalue weighted by Crippen LogP contribution is -2.53. The molecule has 0 bridgehead atoms. The van der Waals surface area contributed by atoms with Crippen molar-refractivity contribution in [2.24, 2.45) is 0 Å². The van der Waals surface area contributed by atoms with Gasteiger partial charge in [-0.1, -0.05) is 36.0 Å². The summed E-state index contributed by atoms with van der Waals surface area (Å²) in [4.78, 5) is 17.4. The Morgan fingerprint density at radius 1 is 1.18 bits per heavy atom. The fraction of sp³-hybridized carbons (Fsp3) is 0.667. The summed E-state index contributed by atoms with van der Waals surface area (Å²) >= 11 is 12.0. The zero-order chi connectivity index (χ0) is 19.2. The first kappa shape index (κ1) is 23.6. The van der Waals surface area contributed by atoms with Crippen LogP contribution in [0.25, 0.3) is 0 Å². The fourth-order valence-electron chi connectivity index (χ4n) is 4.40. The lowest BCUT2D eigenvalue weighted by atomic mass is 9.88. The van der Waals surface area contributed by atoms with Gasteiger partial charge in [0.15, 0.2) is 0 Å². The van der Waals surface area contributed by atoms with Crippen LogP contribution in [0.15, 0.2) is 18.2 Å². The topological polar surface area (TPSA) is 32.8 Å². The van der Waals surface area contributed by atoms with Crippen LogP contribution in [0.5, 0.6) is 5.75 Å². The Kier molecular flexibility index (Phi) is 9.68. The molecular formula is C21H31Cl3N2O2. The van der Waals surface area contributed by atoms with Gasteiger partial charge in [0.05, 0.1) is 11.6 Å². The van der Waals surface area contributed by atoms with Gasteiger partial charge in [-0.15, -0.1) is 12.4 Å². The Labute approximate surface area is 184 Å². The molecule has 7 heteroatoms. The van der Waals surface area contributed by atoms with Crippen LogP contribution in [-0.2, 0) is 4.79 Å². The van der Waals surface area contributed by atoms with E-state index in [1.54, 1.807) is 18.2 Å². The molecule has 1 amide bonds. The molecule has 0 spiro atoms. The smallest absolute Gasteiger partial charge is 0.222 e. The van der Waals surface area contributed by atoms with Gasteiger partial charge in [-0.2, -0.15) is 0 Å². The van der Waals surface area contributed by atoms with E-state index in [2.05, 4.69) is 4.90 Å². The molecule has 4 nitrogen and oxygen atoms in total. The van der Waals surface area contributed by atoms with Crippen LogP contribution < -0.4 is 4.74 Å². The molecule has 2 unspecified atom stereocenters. The van der Waals surface area contributed by atoms with E-state index in [-0.39, 0.29) is 18.3 Å². The van der Waals surface area contributed by atoms with E-state index in [0.29, 0.717) is 47.3 Å². The summed E-state index contributed by atoms with van der Waals surface area (Å²) in [5.41, 5.74) is 0. The van der Waals surface area contributed by atoms with Crippen molar-refractivity contribution in [3.8, 4) is 5.75 Å². The highest BCUT2D eigenvalue weighted by Gasteiger charge is 2.35. The highest BCUT2D eigenvalue weighted by atomic mass is 35.5. The summed E-state index contributed by atoms with van der Waals surface area (Å²) in [5, 5.41) is 1.09. The molecule has 1 saturated heterocycles. The lowest BCUT2D eigenvalue weighted by molar-refractivity contribution is -0.134. The SMILES string of the molecule is CN(C(=O)CCCOc1ccc(Cl)cc1Cl)C1CCCCC1N1CCCC1.Cl. The summed E-state index contributed by atoms with van der Waals surface area (Å²) < 4.78 is 5.70. The Morgan fingerprint density at radius 2 is 1.89 bits per heavy atom. The quantitative estimate of drug-likeness (QED) is 0.520. The molecule has 2 fully saturated rings. The van der Waals surface area contributed by atoms with E-state index in [0.717, 1.165) is 6.42 Å². The standard InChI is InChI=1S/C21H30Cl2N2O2.ClH/c1-24(18-7-2-3-8-19(18)25-12-4-5-13-25)21(26)9-6-14-27-20-11-10-16(22)15-17(20)23;/h10-11,15,18-19H,2-9,12-14H2,1H3;1H. The molecule has 1 aromatic rings. The van der Waals surface area contributed by atoms with Crippen molar-refractivity contribution < 1.29 is 9.53 Å². The van der Waals surface area contributed by atoms with Crippen molar-refractivity contribution in [2.75, 3.05) is 26.7 Å². The molecule has 1 heterocycles. The molecule has 1 aromatic carbocycles. The zero-order valence-electron chi connectivity index (χ0n) is 16.5. The van der Waals surface area contributed by atoms with Crippen LogP contribution in [-0.4, -0.2) is 54.5 Å². The number of carbonyl (C=O) groups is 1. The van der Waals surface area contributed by atoms with Gasteiger partial charge < -0.3 is 9.64 Å². The molecule has 158 valence electrons. The number of likely N-dealkylation sites (N-methyl/N-ethyl adjacent to an activating group) is 1. The minimum atomic E-state index is 0. The van der Waals surface area contributed by atoms with Crippen LogP contribution in [0.1, 0.15) is 51.4 Å². The van der Waals surface area contributed by atoms with Crippen molar-refractivity contribution in [3.63, 3.8) is 0 Å². The summed E-state index contributed by atoms with van der Waals surface area (Å²) in [6.45, 7) is 2.86. The molecule has 0 N–H and O–H groups in total. The first-order chi connectivity index (χ1) is 13.1. The number of halogens is 3. The van der Waals surface area contributed by atoms with E-state index in [1.165, 1.54) is 45.2 Å². The molecule has 3 rings (SSSR count). The molecule has 0 radical (unpaired) electrons. The second kappa shape index (κ2) is 11.5. The maximum absolute atomic E-state index is 12.7. The first-order valence-electron chi connectivity index (χ1n) is 10.1. The van der Waals surface area contributed by atoms with Gasteiger partial charge >= 0.3 is 0 Å². The number of hydrogen-bond donors (Lipinski definition) is 0. The van der Waals surface area contributed by atoms with Crippen molar-refractivity contribution in [1.82, 2.24) is 9.80 Å². The van der Waals surface area contributed by atoms with Crippen LogP contribution in [0.2, 0.25) is 10.0 Å². The Morgan fingerprint density at radius 3 is 2.61 bits per heavy atom. The van der Waals surface area contributed by atoms with Crippen molar-refractivity contribution >= 4 is 41.5 Å². The minimum Gasteiger partial charge on any atom is -0.492 e. The lowest BCUT2D eigenvalue weighted by Gasteiger charge is -2.42. The second-order valence-corrected chi connectivity index (χ2v) is 8.54. The Hall–Kier alpha value is -0.680. The maximum Gasteiger partial charge on any atom is 0.222 e. The average Bonchev–Trinajstić information content (AvgIpc) is 3.20. The van der Waals surface area contributed by atoms with Crippen LogP contribution >= 0.6 is 35.6 Å². The van der Waals surface area contributed by atoms with E-state index < -0.39 is 0 Å². The number of amides is 1. The molecule has 28 heavy (non-hydrogen) atoms. The number of ether oxygens (including phenoxy) is 1. The van der Waals surface area contributed by atoms with Crippen LogP contribution in [0.4, 0.5) is 0 Å². The van der Waals surface area contributed by atoms with Gasteiger partial charge in [0, 0.05) is 30.6 Å². The molecule has 2 atom stereocenters. The normalized spacial score (nSPS) is 22.5. The molecule has 1 aliphatic heterocycles. The second-order valence-electron chi connectivity index (χ2n) is 7.69. The minimum absolute atomic E-state index is 0. The maximum atomic E-state index is 12.7. The van der Waals surface area contributed by atoms with E-state index in [9.17, 15) is 4.79 Å². The third-order valence-electron chi connectivity index (χ3n) is 5.88. The molecular weight excluding hydrogens is 419 g/mol. The van der Waals surface area contributed by atoms with E-state index in [1.807, 2.05) is 11.9 Å². The van der Waals surface area contributed by atoms with Crippen molar-refractivity contribution in [1.29, 1.82) is 0 Å². The predicted molar refractivity (Wildman–Crippen MR) is 118 cm³/mol. The monoisotopic (exact) mass is 448 g/mol. The predicted octanol–water partition coefficient (Wildman–Crippen LogP) is 5.44. The Balaban J connectivity index is 0.00000280. The Bertz CT molecular complexity index is 638. The number of likely N-dealkylation sites (tertiary alicyclic amines) is 1. The van der Waals surface area contributed by atoms with Crippen LogP contribution in [0, 0.1) is 0 Å². The number of rotatable bonds is 7. The van der Waals surface area contributed by atoms with E-state index in [4.69, 9.17) is 27.9 Å².